The zero-order chi connectivity index (χ0) is 30.0. The van der Waals surface area contributed by atoms with Crippen LogP contribution in [-0.2, 0) is 27.6 Å². The van der Waals surface area contributed by atoms with E-state index < -0.39 is 9.84 Å². The molecule has 0 atom stereocenters. The van der Waals surface area contributed by atoms with Gasteiger partial charge in [-0.1, -0.05) is 74.5 Å². The Morgan fingerprint density at radius 2 is 1.65 bits per heavy atom. The molecule has 6 rings (SSSR count). The molecule has 5 aromatic rings. The summed E-state index contributed by atoms with van der Waals surface area (Å²) in [6.07, 6.45) is 1.87. The first-order valence-electron chi connectivity index (χ1n) is 14.6. The van der Waals surface area contributed by atoms with Gasteiger partial charge in [-0.2, -0.15) is 5.10 Å². The van der Waals surface area contributed by atoms with E-state index in [1.54, 1.807) is 35.2 Å². The maximum Gasteiger partial charge on any atom is 0.410 e. The molecule has 9 heteroatoms. The summed E-state index contributed by atoms with van der Waals surface area (Å²) in [5.74, 6) is 1.16. The van der Waals surface area contributed by atoms with Crippen molar-refractivity contribution in [3.8, 4) is 5.75 Å². The fourth-order valence-electron chi connectivity index (χ4n) is 5.61. The van der Waals surface area contributed by atoms with Gasteiger partial charge < -0.3 is 14.4 Å². The van der Waals surface area contributed by atoms with Crippen LogP contribution in [0.2, 0.25) is 0 Å². The number of hydrogen-bond acceptors (Lipinski definition) is 6. The molecule has 222 valence electrons. The van der Waals surface area contributed by atoms with Gasteiger partial charge >= 0.3 is 6.09 Å². The van der Waals surface area contributed by atoms with E-state index in [-0.39, 0.29) is 28.7 Å². The number of rotatable bonds is 8. The van der Waals surface area contributed by atoms with Gasteiger partial charge in [-0.25, -0.2) is 13.2 Å². The molecule has 8 nitrogen and oxygen atoms in total. The third-order valence-electron chi connectivity index (χ3n) is 7.83. The largest absolute Gasteiger partial charge is 0.490 e. The molecule has 1 aliphatic heterocycles. The minimum Gasteiger partial charge on any atom is -0.490 e. The molecule has 0 radical (unpaired) electrons. The number of piperidine rings is 1. The van der Waals surface area contributed by atoms with Crippen molar-refractivity contribution in [3.63, 3.8) is 0 Å². The maximum atomic E-state index is 13.8. The number of carbonyl (C=O) groups is 1. The Bertz CT molecular complexity index is 1850. The van der Waals surface area contributed by atoms with Crippen LogP contribution in [0, 0.1) is 5.92 Å². The third-order valence-corrected chi connectivity index (χ3v) is 9.61. The van der Waals surface area contributed by atoms with Crippen LogP contribution < -0.4 is 4.74 Å². The second kappa shape index (κ2) is 12.1. The number of nitrogens with one attached hydrogen (secondary N) is 1. The van der Waals surface area contributed by atoms with E-state index in [0.29, 0.717) is 53.9 Å². The Morgan fingerprint density at radius 1 is 0.930 bits per heavy atom. The Balaban J connectivity index is 1.08. The van der Waals surface area contributed by atoms with Gasteiger partial charge in [0.15, 0.2) is 5.03 Å². The van der Waals surface area contributed by atoms with Gasteiger partial charge in [0.1, 0.15) is 18.5 Å². The highest BCUT2D eigenvalue weighted by atomic mass is 32.2. The van der Waals surface area contributed by atoms with Gasteiger partial charge in [-0.05, 0) is 53.1 Å². The Hall–Kier alpha value is -4.37. The van der Waals surface area contributed by atoms with Gasteiger partial charge in [0.25, 0.3) is 0 Å². The Morgan fingerprint density at radius 3 is 2.42 bits per heavy atom. The topological polar surface area (TPSA) is 102 Å². The number of aromatic nitrogens is 2. The molecule has 0 saturated carbocycles. The third kappa shape index (κ3) is 6.22. The predicted octanol–water partition coefficient (Wildman–Crippen LogP) is 6.93. The van der Waals surface area contributed by atoms with E-state index in [1.807, 2.05) is 42.5 Å². The van der Waals surface area contributed by atoms with Crippen LogP contribution in [0.25, 0.3) is 21.7 Å². The number of fused-ring (bicyclic) bond motifs is 2. The van der Waals surface area contributed by atoms with Crippen LogP contribution in [0.4, 0.5) is 4.79 Å². The van der Waals surface area contributed by atoms with Crippen LogP contribution >= 0.6 is 0 Å². The van der Waals surface area contributed by atoms with Crippen molar-refractivity contribution in [1.82, 2.24) is 15.1 Å². The number of hydrogen-bond donors (Lipinski definition) is 1. The molecule has 0 unspecified atom stereocenters. The number of amides is 1. The molecule has 4 aromatic carbocycles. The van der Waals surface area contributed by atoms with Crippen molar-refractivity contribution in [1.29, 1.82) is 0 Å². The van der Waals surface area contributed by atoms with Crippen LogP contribution in [0.5, 0.6) is 5.75 Å². The minimum atomic E-state index is -3.88. The first kappa shape index (κ1) is 28.7. The monoisotopic (exact) mass is 597 g/mol. The summed E-state index contributed by atoms with van der Waals surface area (Å²) in [4.78, 5) is 14.6. The van der Waals surface area contributed by atoms with Crippen molar-refractivity contribution < 1.29 is 22.7 Å². The lowest BCUT2D eigenvalue weighted by molar-refractivity contribution is 0.0639. The molecule has 1 saturated heterocycles. The van der Waals surface area contributed by atoms with Crippen molar-refractivity contribution in [2.45, 2.75) is 55.7 Å². The standard InChI is InChI=1S/C34H35N3O5S/c1-23(2)20-24-10-12-25(13-11-24)22-41-34(38)37-18-16-27(17-19-37)42-28-14-15-31-30(21-28)33(36-35-31)43(39,40)32-9-5-7-26-6-3-4-8-29(26)32/h3-15,21,23,27H,16-20,22H2,1-2H3,(H,35,36). The number of carbonyl (C=O) groups excluding carboxylic acids is 1. The number of benzene rings is 4. The molecule has 0 aliphatic carbocycles. The quantitative estimate of drug-likeness (QED) is 0.208. The maximum absolute atomic E-state index is 13.8. The zero-order valence-corrected chi connectivity index (χ0v) is 25.1. The highest BCUT2D eigenvalue weighted by Crippen LogP contribution is 2.33. The van der Waals surface area contributed by atoms with E-state index in [4.69, 9.17) is 9.47 Å². The second-order valence-corrected chi connectivity index (χ2v) is 13.3. The van der Waals surface area contributed by atoms with Crippen molar-refractivity contribution in [2.24, 2.45) is 5.92 Å². The smallest absolute Gasteiger partial charge is 0.410 e. The highest BCUT2D eigenvalue weighted by Gasteiger charge is 2.27. The molecule has 43 heavy (non-hydrogen) atoms. The van der Waals surface area contributed by atoms with E-state index in [0.717, 1.165) is 17.4 Å². The fraction of sp³-hybridized carbons (Fsp3) is 0.294. The van der Waals surface area contributed by atoms with Crippen LogP contribution in [0.1, 0.15) is 37.8 Å². The molecule has 1 N–H and O–H groups in total. The average Bonchev–Trinajstić information content (AvgIpc) is 3.45. The second-order valence-electron chi connectivity index (χ2n) is 11.5. The summed E-state index contributed by atoms with van der Waals surface area (Å²) in [5.41, 5.74) is 2.79. The molecule has 0 bridgehead atoms. The van der Waals surface area contributed by atoms with Crippen molar-refractivity contribution in [2.75, 3.05) is 13.1 Å². The normalized spacial score (nSPS) is 14.4. The lowest BCUT2D eigenvalue weighted by Crippen LogP contribution is -2.42. The molecule has 0 spiro atoms. The predicted molar refractivity (Wildman–Crippen MR) is 166 cm³/mol. The first-order valence-corrected chi connectivity index (χ1v) is 16.1. The van der Waals surface area contributed by atoms with E-state index in [9.17, 15) is 13.2 Å². The molecule has 1 aliphatic rings. The SMILES string of the molecule is CC(C)Cc1ccc(COC(=O)N2CCC(Oc3ccc4n[nH]c(S(=O)(=O)c5cccc6ccccc56)c4c3)CC2)cc1. The van der Waals surface area contributed by atoms with Crippen LogP contribution in [0.3, 0.4) is 0 Å². The summed E-state index contributed by atoms with van der Waals surface area (Å²) in [7, 11) is -3.88. The van der Waals surface area contributed by atoms with Crippen molar-refractivity contribution >= 4 is 37.6 Å². The lowest BCUT2D eigenvalue weighted by atomic mass is 10.0. The fourth-order valence-corrected chi connectivity index (χ4v) is 7.18. The lowest BCUT2D eigenvalue weighted by Gasteiger charge is -2.31. The molecular weight excluding hydrogens is 562 g/mol. The number of likely N-dealkylation sites (tertiary alicyclic amines) is 1. The summed E-state index contributed by atoms with van der Waals surface area (Å²) < 4.78 is 39.3. The molecular formula is C34H35N3O5S. The van der Waals surface area contributed by atoms with Crippen LogP contribution in [0.15, 0.2) is 94.9 Å². The molecule has 2 heterocycles. The van der Waals surface area contributed by atoms with E-state index in [1.165, 1.54) is 5.56 Å². The number of aromatic amines is 1. The van der Waals surface area contributed by atoms with E-state index >= 15 is 0 Å². The summed E-state index contributed by atoms with van der Waals surface area (Å²) in [6, 6.07) is 26.2. The van der Waals surface area contributed by atoms with Gasteiger partial charge in [0.05, 0.1) is 10.4 Å². The highest BCUT2D eigenvalue weighted by molar-refractivity contribution is 7.91. The molecule has 1 aromatic heterocycles. The molecule has 1 amide bonds. The zero-order valence-electron chi connectivity index (χ0n) is 24.3. The Labute approximate surface area is 251 Å². The Kier molecular flexibility index (Phi) is 8.08. The van der Waals surface area contributed by atoms with Gasteiger partial charge in [-0.3, -0.25) is 5.10 Å². The minimum absolute atomic E-state index is 0.0384. The van der Waals surface area contributed by atoms with Gasteiger partial charge in [0, 0.05) is 36.7 Å². The number of H-pyrrole nitrogens is 1. The summed E-state index contributed by atoms with van der Waals surface area (Å²) >= 11 is 0. The number of sulfone groups is 1. The van der Waals surface area contributed by atoms with E-state index in [2.05, 4.69) is 36.2 Å². The number of ether oxygens (including phenoxy) is 2. The molecule has 1 fully saturated rings. The van der Waals surface area contributed by atoms with Gasteiger partial charge in [-0.15, -0.1) is 0 Å². The number of nitrogens with zero attached hydrogens (tertiary/aromatic N) is 2. The summed E-state index contributed by atoms with van der Waals surface area (Å²) in [6.45, 7) is 5.67. The van der Waals surface area contributed by atoms with Gasteiger partial charge in [0.2, 0.25) is 9.84 Å². The van der Waals surface area contributed by atoms with Crippen LogP contribution in [-0.4, -0.2) is 48.8 Å². The average molecular weight is 598 g/mol. The first-order chi connectivity index (χ1) is 20.8. The summed E-state index contributed by atoms with van der Waals surface area (Å²) in [5, 5.41) is 9.01. The van der Waals surface area contributed by atoms with Crippen molar-refractivity contribution in [3.05, 3.63) is 96.1 Å².